The van der Waals surface area contributed by atoms with Crippen LogP contribution in [0.1, 0.15) is 0 Å². The van der Waals surface area contributed by atoms with Gasteiger partial charge in [0.25, 0.3) is 0 Å². The third-order valence-electron chi connectivity index (χ3n) is 1.76. The Labute approximate surface area is 118 Å². The van der Waals surface area contributed by atoms with Gasteiger partial charge in [0.05, 0.1) is 19.5 Å². The van der Waals surface area contributed by atoms with Crippen molar-refractivity contribution in [2.75, 3.05) is 38.4 Å². The van der Waals surface area contributed by atoms with Crippen LogP contribution >= 0.6 is 23.1 Å². The summed E-state index contributed by atoms with van der Waals surface area (Å²) in [5.74, 6) is -0.183. The van der Waals surface area contributed by atoms with Gasteiger partial charge in [0, 0.05) is 13.7 Å². The Hall–Kier alpha value is -1.39. The fourth-order valence-electron chi connectivity index (χ4n) is 0.906. The van der Waals surface area contributed by atoms with E-state index in [-0.39, 0.29) is 17.8 Å². The molecule has 2 amide bonds. The van der Waals surface area contributed by atoms with Crippen molar-refractivity contribution in [1.29, 1.82) is 0 Å². The second kappa shape index (κ2) is 8.67. The van der Waals surface area contributed by atoms with Crippen molar-refractivity contribution in [1.82, 2.24) is 15.5 Å². The first kappa shape index (κ1) is 15.7. The smallest absolute Gasteiger partial charge is 0.321 e. The lowest BCUT2D eigenvalue weighted by Gasteiger charge is -2.03. The van der Waals surface area contributed by atoms with E-state index < -0.39 is 0 Å². The second-order valence-corrected chi connectivity index (χ2v) is 5.31. The first-order chi connectivity index (χ1) is 9.15. The largest absolute Gasteiger partial charge is 0.468 e. The zero-order valence-electron chi connectivity index (χ0n) is 10.5. The van der Waals surface area contributed by atoms with Crippen LogP contribution in [0.25, 0.3) is 0 Å². The molecule has 1 heterocycles. The molecule has 0 spiro atoms. The molecular formula is C9H14N4O4S2. The normalized spacial score (nSPS) is 10.0. The zero-order valence-corrected chi connectivity index (χ0v) is 12.1. The van der Waals surface area contributed by atoms with Crippen LogP contribution in [0, 0.1) is 0 Å². The minimum absolute atomic E-state index is 0.158. The lowest BCUT2D eigenvalue weighted by molar-refractivity contribution is -0.137. The molecule has 0 aliphatic rings. The van der Waals surface area contributed by atoms with Crippen LogP contribution in [0.3, 0.4) is 0 Å². The highest BCUT2D eigenvalue weighted by Crippen LogP contribution is 2.25. The predicted octanol–water partition coefficient (Wildman–Crippen LogP) is 0.571. The van der Waals surface area contributed by atoms with Gasteiger partial charge in [-0.2, -0.15) is 0 Å². The number of carbonyl (C=O) groups excluding carboxylic acids is 2. The molecule has 1 aromatic rings. The minimum atomic E-state index is -0.377. The van der Waals surface area contributed by atoms with Crippen LogP contribution in [-0.2, 0) is 14.3 Å². The highest BCUT2D eigenvalue weighted by Gasteiger charge is 2.10. The third-order valence-corrected chi connectivity index (χ3v) is 3.71. The maximum Gasteiger partial charge on any atom is 0.321 e. The molecule has 0 saturated heterocycles. The number of methoxy groups -OCH3 is 2. The van der Waals surface area contributed by atoms with E-state index in [0.717, 1.165) is 0 Å². The van der Waals surface area contributed by atoms with E-state index in [4.69, 9.17) is 4.74 Å². The summed E-state index contributed by atoms with van der Waals surface area (Å²) in [6, 6.07) is -0.377. The van der Waals surface area contributed by atoms with Gasteiger partial charge in [0.2, 0.25) is 5.13 Å². The van der Waals surface area contributed by atoms with Gasteiger partial charge in [-0.05, 0) is 0 Å². The molecule has 19 heavy (non-hydrogen) atoms. The third kappa shape index (κ3) is 6.36. The summed E-state index contributed by atoms with van der Waals surface area (Å²) in [7, 11) is 2.87. The fourth-order valence-corrected chi connectivity index (χ4v) is 2.49. The predicted molar refractivity (Wildman–Crippen MR) is 71.5 cm³/mol. The molecule has 0 atom stereocenters. The molecule has 0 unspecified atom stereocenters. The van der Waals surface area contributed by atoms with Gasteiger partial charge in [0.15, 0.2) is 4.34 Å². The zero-order chi connectivity index (χ0) is 14.1. The number of rotatable bonds is 7. The second-order valence-electron chi connectivity index (χ2n) is 3.11. The average molecular weight is 306 g/mol. The number of ether oxygens (including phenoxy) is 2. The molecule has 106 valence electrons. The number of anilines is 1. The van der Waals surface area contributed by atoms with E-state index in [0.29, 0.717) is 22.6 Å². The number of esters is 1. The van der Waals surface area contributed by atoms with Gasteiger partial charge in [-0.1, -0.05) is 23.1 Å². The molecule has 0 saturated carbocycles. The number of hydrogen-bond donors (Lipinski definition) is 2. The van der Waals surface area contributed by atoms with E-state index in [1.54, 1.807) is 7.11 Å². The van der Waals surface area contributed by atoms with Gasteiger partial charge >= 0.3 is 12.0 Å². The monoisotopic (exact) mass is 306 g/mol. The first-order valence-electron chi connectivity index (χ1n) is 5.22. The van der Waals surface area contributed by atoms with Crippen molar-refractivity contribution in [2.45, 2.75) is 4.34 Å². The van der Waals surface area contributed by atoms with E-state index in [2.05, 4.69) is 25.6 Å². The number of aromatic nitrogens is 2. The molecule has 0 fully saturated rings. The molecule has 0 aliphatic heterocycles. The fraction of sp³-hybridized carbons (Fsp3) is 0.556. The molecule has 1 rings (SSSR count). The number of thioether (sulfide) groups is 1. The topological polar surface area (TPSA) is 102 Å². The van der Waals surface area contributed by atoms with Crippen molar-refractivity contribution in [2.24, 2.45) is 0 Å². The maximum atomic E-state index is 11.4. The Balaban J connectivity index is 2.33. The highest BCUT2D eigenvalue weighted by molar-refractivity contribution is 8.01. The van der Waals surface area contributed by atoms with E-state index in [1.165, 1.54) is 30.2 Å². The molecule has 0 radical (unpaired) electrons. The number of carbonyl (C=O) groups is 2. The summed E-state index contributed by atoms with van der Waals surface area (Å²) >= 11 is 2.38. The first-order valence-corrected chi connectivity index (χ1v) is 7.03. The number of nitrogens with one attached hydrogen (secondary N) is 2. The van der Waals surface area contributed by atoms with Crippen LogP contribution in [0.4, 0.5) is 9.93 Å². The Bertz CT molecular complexity index is 426. The summed E-state index contributed by atoms with van der Waals surface area (Å²) in [6.45, 7) is 0.842. The van der Waals surface area contributed by atoms with Gasteiger partial charge in [-0.3, -0.25) is 10.1 Å². The van der Waals surface area contributed by atoms with Crippen molar-refractivity contribution in [3.8, 4) is 0 Å². The number of hydrogen-bond acceptors (Lipinski definition) is 8. The Morgan fingerprint density at radius 2 is 2.16 bits per heavy atom. The van der Waals surface area contributed by atoms with E-state index in [1.807, 2.05) is 0 Å². The summed E-state index contributed by atoms with van der Waals surface area (Å²) < 4.78 is 9.88. The quantitative estimate of drug-likeness (QED) is 0.328. The van der Waals surface area contributed by atoms with Crippen molar-refractivity contribution < 1.29 is 19.1 Å². The molecule has 8 nitrogen and oxygen atoms in total. The molecule has 0 aliphatic carbocycles. The van der Waals surface area contributed by atoms with E-state index in [9.17, 15) is 9.59 Å². The summed E-state index contributed by atoms with van der Waals surface area (Å²) in [4.78, 5) is 22.3. The van der Waals surface area contributed by atoms with E-state index >= 15 is 0 Å². The van der Waals surface area contributed by atoms with Gasteiger partial charge in [0.1, 0.15) is 0 Å². The summed E-state index contributed by atoms with van der Waals surface area (Å²) in [6.07, 6.45) is 0. The Morgan fingerprint density at radius 3 is 2.84 bits per heavy atom. The average Bonchev–Trinajstić information content (AvgIpc) is 2.83. The van der Waals surface area contributed by atoms with Crippen LogP contribution in [0.5, 0.6) is 0 Å². The van der Waals surface area contributed by atoms with Gasteiger partial charge in [-0.25, -0.2) is 4.79 Å². The SMILES string of the molecule is COCCNC(=O)Nc1nnc(SCC(=O)OC)s1. The molecule has 2 N–H and O–H groups in total. The van der Waals surface area contributed by atoms with Crippen LogP contribution in [-0.4, -0.2) is 55.3 Å². The van der Waals surface area contributed by atoms with Gasteiger partial charge < -0.3 is 14.8 Å². The van der Waals surface area contributed by atoms with Gasteiger partial charge in [-0.15, -0.1) is 10.2 Å². The molecule has 0 aromatic carbocycles. The molecule has 0 bridgehead atoms. The summed E-state index contributed by atoms with van der Waals surface area (Å²) in [5.41, 5.74) is 0. The minimum Gasteiger partial charge on any atom is -0.468 e. The number of amides is 2. The van der Waals surface area contributed by atoms with Crippen molar-refractivity contribution in [3.63, 3.8) is 0 Å². The van der Waals surface area contributed by atoms with Crippen LogP contribution < -0.4 is 10.6 Å². The highest BCUT2D eigenvalue weighted by atomic mass is 32.2. The standard InChI is InChI=1S/C9H14N4O4S2/c1-16-4-3-10-7(15)11-8-12-13-9(19-8)18-5-6(14)17-2/h3-5H2,1-2H3,(H2,10,11,12,15). The summed E-state index contributed by atoms with van der Waals surface area (Å²) in [5, 5.41) is 13.1. The lowest BCUT2D eigenvalue weighted by Crippen LogP contribution is -2.31. The lowest BCUT2D eigenvalue weighted by atomic mass is 10.7. The number of urea groups is 1. The van der Waals surface area contributed by atoms with Crippen molar-refractivity contribution in [3.05, 3.63) is 0 Å². The van der Waals surface area contributed by atoms with Crippen LogP contribution in [0.15, 0.2) is 4.34 Å². The van der Waals surface area contributed by atoms with Crippen molar-refractivity contribution >= 4 is 40.2 Å². The molecule has 1 aromatic heterocycles. The maximum absolute atomic E-state index is 11.4. The molecule has 10 heteroatoms. The Morgan fingerprint density at radius 1 is 1.37 bits per heavy atom. The Kier molecular flexibility index (Phi) is 7.15. The number of nitrogens with zero attached hydrogens (tertiary/aromatic N) is 2. The van der Waals surface area contributed by atoms with Crippen LogP contribution in [0.2, 0.25) is 0 Å². The molecular weight excluding hydrogens is 292 g/mol.